The molecule has 0 aromatic carbocycles. The summed E-state index contributed by atoms with van der Waals surface area (Å²) in [5.41, 5.74) is 5.64. The summed E-state index contributed by atoms with van der Waals surface area (Å²) in [5, 5.41) is 12.0. The summed E-state index contributed by atoms with van der Waals surface area (Å²) in [4.78, 5) is 0. The van der Waals surface area contributed by atoms with Gasteiger partial charge in [-0.15, -0.1) is 0 Å². The zero-order valence-electron chi connectivity index (χ0n) is 8.25. The second-order valence-electron chi connectivity index (χ2n) is 3.83. The van der Waals surface area contributed by atoms with Crippen LogP contribution in [0.3, 0.4) is 0 Å². The maximum Gasteiger partial charge on any atom is 0.0556 e. The van der Waals surface area contributed by atoms with Crippen molar-refractivity contribution in [1.29, 1.82) is 0 Å². The number of nitrogens with two attached hydrogens (primary N) is 1. The van der Waals surface area contributed by atoms with E-state index in [1.165, 1.54) is 0 Å². The first kappa shape index (κ1) is 10.9. The Hall–Kier alpha value is -0.160. The molecule has 0 saturated carbocycles. The highest BCUT2D eigenvalue weighted by atomic mass is 16.5. The molecule has 13 heavy (non-hydrogen) atoms. The van der Waals surface area contributed by atoms with Gasteiger partial charge in [-0.2, -0.15) is 0 Å². The summed E-state index contributed by atoms with van der Waals surface area (Å²) in [6.45, 7) is 5.06. The van der Waals surface area contributed by atoms with Crippen molar-refractivity contribution in [1.82, 2.24) is 5.32 Å². The van der Waals surface area contributed by atoms with Gasteiger partial charge in [0.2, 0.25) is 0 Å². The number of β-amino-alcohol motifs (C(OH)–C–C–N with tert-alkyl or cyclic N) is 1. The molecule has 0 amide bonds. The molecule has 2 unspecified atom stereocenters. The Balaban J connectivity index is 2.45. The predicted molar refractivity (Wildman–Crippen MR) is 51.5 cm³/mol. The fourth-order valence-corrected chi connectivity index (χ4v) is 1.76. The van der Waals surface area contributed by atoms with E-state index in [9.17, 15) is 0 Å². The number of hydrogen-bond donors (Lipinski definition) is 3. The second kappa shape index (κ2) is 4.91. The average molecular weight is 188 g/mol. The van der Waals surface area contributed by atoms with Gasteiger partial charge in [0.1, 0.15) is 0 Å². The van der Waals surface area contributed by atoms with E-state index >= 15 is 0 Å². The maximum atomic E-state index is 8.73. The Morgan fingerprint density at radius 3 is 2.92 bits per heavy atom. The normalized spacial score (nSPS) is 27.5. The zero-order valence-corrected chi connectivity index (χ0v) is 8.25. The number of aliphatic hydroxyl groups is 1. The average Bonchev–Trinajstić information content (AvgIpc) is 2.67. The van der Waals surface area contributed by atoms with E-state index in [-0.39, 0.29) is 12.1 Å². The number of ether oxygens (including phenoxy) is 1. The van der Waals surface area contributed by atoms with Gasteiger partial charge in [-0.25, -0.2) is 0 Å². The van der Waals surface area contributed by atoms with Crippen LogP contribution in [0.2, 0.25) is 0 Å². The summed E-state index contributed by atoms with van der Waals surface area (Å²) in [5.74, 6) is 0.476. The first-order chi connectivity index (χ1) is 6.23. The Bertz CT molecular complexity index is 149. The van der Waals surface area contributed by atoms with Gasteiger partial charge >= 0.3 is 0 Å². The van der Waals surface area contributed by atoms with Crippen LogP contribution in [0.4, 0.5) is 0 Å². The lowest BCUT2D eigenvalue weighted by Crippen LogP contribution is -2.55. The van der Waals surface area contributed by atoms with Gasteiger partial charge < -0.3 is 20.9 Å². The summed E-state index contributed by atoms with van der Waals surface area (Å²) < 4.78 is 5.33. The van der Waals surface area contributed by atoms with Crippen LogP contribution in [0.25, 0.3) is 0 Å². The molecule has 1 fully saturated rings. The molecule has 0 bridgehead atoms. The standard InChI is InChI=1S/C9H20N2O2/c1-9(7-10,11-3-4-12)8-2-5-13-6-8/h8,11-12H,2-7,10H2,1H3. The van der Waals surface area contributed by atoms with Crippen LogP contribution in [-0.4, -0.2) is 43.6 Å². The van der Waals surface area contributed by atoms with Crippen LogP contribution < -0.4 is 11.1 Å². The number of nitrogens with one attached hydrogen (secondary N) is 1. The fraction of sp³-hybridized carbons (Fsp3) is 1.00. The molecule has 2 atom stereocenters. The van der Waals surface area contributed by atoms with E-state index in [1.54, 1.807) is 0 Å². The van der Waals surface area contributed by atoms with Gasteiger partial charge in [0.25, 0.3) is 0 Å². The number of rotatable bonds is 5. The highest BCUT2D eigenvalue weighted by molar-refractivity contribution is 4.92. The minimum atomic E-state index is -0.0841. The lowest BCUT2D eigenvalue weighted by atomic mass is 9.85. The maximum absolute atomic E-state index is 8.73. The highest BCUT2D eigenvalue weighted by Gasteiger charge is 2.34. The monoisotopic (exact) mass is 188 g/mol. The van der Waals surface area contributed by atoms with Crippen LogP contribution in [-0.2, 0) is 4.74 Å². The predicted octanol–water partition coefficient (Wildman–Crippen LogP) is -0.678. The Morgan fingerprint density at radius 2 is 2.46 bits per heavy atom. The summed E-state index contributed by atoms with van der Waals surface area (Å²) in [6.07, 6.45) is 1.06. The third-order valence-electron chi connectivity index (χ3n) is 2.90. The molecule has 1 rings (SSSR count). The highest BCUT2D eigenvalue weighted by Crippen LogP contribution is 2.24. The first-order valence-corrected chi connectivity index (χ1v) is 4.86. The van der Waals surface area contributed by atoms with Crippen molar-refractivity contribution in [2.24, 2.45) is 11.7 Å². The molecule has 1 saturated heterocycles. The molecule has 1 aliphatic rings. The zero-order chi connectivity index (χ0) is 9.73. The molecule has 4 heteroatoms. The second-order valence-corrected chi connectivity index (χ2v) is 3.83. The molecule has 1 aliphatic heterocycles. The van der Waals surface area contributed by atoms with Gasteiger partial charge in [0, 0.05) is 31.2 Å². The fourth-order valence-electron chi connectivity index (χ4n) is 1.76. The molecule has 0 spiro atoms. The lowest BCUT2D eigenvalue weighted by molar-refractivity contribution is 0.150. The van der Waals surface area contributed by atoms with Gasteiger partial charge in [0.05, 0.1) is 13.2 Å². The van der Waals surface area contributed by atoms with Crippen molar-refractivity contribution in [3.63, 3.8) is 0 Å². The van der Waals surface area contributed by atoms with Gasteiger partial charge in [0.15, 0.2) is 0 Å². The number of hydrogen-bond acceptors (Lipinski definition) is 4. The van der Waals surface area contributed by atoms with E-state index in [0.29, 0.717) is 19.0 Å². The van der Waals surface area contributed by atoms with Gasteiger partial charge in [-0.1, -0.05) is 0 Å². The van der Waals surface area contributed by atoms with Crippen LogP contribution >= 0.6 is 0 Å². The van der Waals surface area contributed by atoms with Crippen LogP contribution in [0.5, 0.6) is 0 Å². The molecule has 0 aromatic rings. The van der Waals surface area contributed by atoms with Crippen molar-refractivity contribution >= 4 is 0 Å². The van der Waals surface area contributed by atoms with E-state index < -0.39 is 0 Å². The Morgan fingerprint density at radius 1 is 1.69 bits per heavy atom. The molecule has 0 aromatic heterocycles. The van der Waals surface area contributed by atoms with Crippen molar-refractivity contribution in [2.45, 2.75) is 18.9 Å². The van der Waals surface area contributed by atoms with E-state index in [1.807, 2.05) is 0 Å². The molecule has 4 N–H and O–H groups in total. The molecular formula is C9H20N2O2. The molecule has 78 valence electrons. The van der Waals surface area contributed by atoms with Crippen molar-refractivity contribution in [2.75, 3.05) is 32.9 Å². The third kappa shape index (κ3) is 2.64. The Labute approximate surface area is 79.5 Å². The smallest absolute Gasteiger partial charge is 0.0556 e. The SMILES string of the molecule is CC(CN)(NCCO)C1CCOC1. The van der Waals surface area contributed by atoms with Gasteiger partial charge in [-0.05, 0) is 13.3 Å². The van der Waals surface area contributed by atoms with Crippen LogP contribution in [0.15, 0.2) is 0 Å². The summed E-state index contributed by atoms with van der Waals surface area (Å²) in [7, 11) is 0. The molecular weight excluding hydrogens is 168 g/mol. The van der Waals surface area contributed by atoms with E-state index in [0.717, 1.165) is 19.6 Å². The van der Waals surface area contributed by atoms with E-state index in [4.69, 9.17) is 15.6 Å². The van der Waals surface area contributed by atoms with Gasteiger partial charge in [-0.3, -0.25) is 0 Å². The number of aliphatic hydroxyl groups excluding tert-OH is 1. The summed E-state index contributed by atoms with van der Waals surface area (Å²) >= 11 is 0. The van der Waals surface area contributed by atoms with Crippen LogP contribution in [0, 0.1) is 5.92 Å². The van der Waals surface area contributed by atoms with Crippen molar-refractivity contribution in [3.8, 4) is 0 Å². The largest absolute Gasteiger partial charge is 0.395 e. The minimum Gasteiger partial charge on any atom is -0.395 e. The Kier molecular flexibility index (Phi) is 4.12. The minimum absolute atomic E-state index is 0.0841. The third-order valence-corrected chi connectivity index (χ3v) is 2.90. The molecule has 1 heterocycles. The van der Waals surface area contributed by atoms with Crippen molar-refractivity contribution in [3.05, 3.63) is 0 Å². The van der Waals surface area contributed by atoms with E-state index in [2.05, 4.69) is 12.2 Å². The van der Waals surface area contributed by atoms with Crippen LogP contribution in [0.1, 0.15) is 13.3 Å². The lowest BCUT2D eigenvalue weighted by Gasteiger charge is -2.34. The quantitative estimate of drug-likeness (QED) is 0.535. The molecule has 4 nitrogen and oxygen atoms in total. The molecule has 0 aliphatic carbocycles. The molecule has 0 radical (unpaired) electrons. The topological polar surface area (TPSA) is 67.5 Å². The first-order valence-electron chi connectivity index (χ1n) is 4.86. The summed E-state index contributed by atoms with van der Waals surface area (Å²) in [6, 6.07) is 0. The van der Waals surface area contributed by atoms with Crippen molar-refractivity contribution < 1.29 is 9.84 Å².